The third kappa shape index (κ3) is 3.69. The van der Waals surface area contributed by atoms with Gasteiger partial charge in [0.1, 0.15) is 0 Å². The molecular formula is C20H19N5O3S. The van der Waals surface area contributed by atoms with Crippen LogP contribution < -0.4 is 10.6 Å². The number of nitrogens with one attached hydrogen (secondary N) is 2. The molecule has 3 aromatic rings. The summed E-state index contributed by atoms with van der Waals surface area (Å²) in [6.45, 7) is 0. The highest BCUT2D eigenvalue weighted by atomic mass is 32.2. The summed E-state index contributed by atoms with van der Waals surface area (Å²) in [6.07, 6.45) is 1.83. The summed E-state index contributed by atoms with van der Waals surface area (Å²) in [7, 11) is -0.509. The molecule has 0 bridgehead atoms. The van der Waals surface area contributed by atoms with Crippen molar-refractivity contribution in [2.75, 3.05) is 24.7 Å². The number of sulfonamides is 1. The number of aromatic nitrogens is 2. The van der Waals surface area contributed by atoms with E-state index in [0.29, 0.717) is 23.0 Å². The Morgan fingerprint density at radius 2 is 1.79 bits per heavy atom. The number of rotatable bonds is 4. The summed E-state index contributed by atoms with van der Waals surface area (Å²) < 4.78 is 25.5. The first-order chi connectivity index (χ1) is 13.8. The molecule has 4 rings (SSSR count). The first-order valence-corrected chi connectivity index (χ1v) is 10.3. The second kappa shape index (κ2) is 7.26. The summed E-state index contributed by atoms with van der Waals surface area (Å²) >= 11 is 0. The number of para-hydroxylation sites is 1. The van der Waals surface area contributed by atoms with Gasteiger partial charge in [0, 0.05) is 37.1 Å². The predicted molar refractivity (Wildman–Crippen MR) is 110 cm³/mol. The number of hydrogen-bond donors (Lipinski definition) is 2. The van der Waals surface area contributed by atoms with Gasteiger partial charge >= 0.3 is 0 Å². The zero-order valence-electron chi connectivity index (χ0n) is 15.9. The molecule has 0 spiro atoms. The number of amides is 1. The maximum Gasteiger partial charge on any atom is 0.242 e. The van der Waals surface area contributed by atoms with Gasteiger partial charge in [-0.3, -0.25) is 4.79 Å². The van der Waals surface area contributed by atoms with E-state index in [4.69, 9.17) is 0 Å². The first-order valence-electron chi connectivity index (χ1n) is 8.89. The van der Waals surface area contributed by atoms with E-state index in [1.165, 1.54) is 26.2 Å². The lowest BCUT2D eigenvalue weighted by Gasteiger charge is -2.12. The van der Waals surface area contributed by atoms with E-state index in [2.05, 4.69) is 20.6 Å². The van der Waals surface area contributed by atoms with E-state index in [9.17, 15) is 13.2 Å². The zero-order valence-corrected chi connectivity index (χ0v) is 16.7. The van der Waals surface area contributed by atoms with E-state index in [1.54, 1.807) is 18.3 Å². The van der Waals surface area contributed by atoms with Crippen LogP contribution in [0.4, 0.5) is 17.3 Å². The van der Waals surface area contributed by atoms with Gasteiger partial charge in [-0.2, -0.15) is 0 Å². The fourth-order valence-electron chi connectivity index (χ4n) is 3.05. The molecule has 9 heteroatoms. The van der Waals surface area contributed by atoms with Crippen molar-refractivity contribution in [2.45, 2.75) is 11.3 Å². The Morgan fingerprint density at radius 1 is 1.07 bits per heavy atom. The van der Waals surface area contributed by atoms with Crippen molar-refractivity contribution in [2.24, 2.45) is 0 Å². The third-order valence-electron chi connectivity index (χ3n) is 4.56. The average molecular weight is 409 g/mol. The monoisotopic (exact) mass is 409 g/mol. The van der Waals surface area contributed by atoms with Gasteiger partial charge in [0.2, 0.25) is 21.9 Å². The topological polar surface area (TPSA) is 104 Å². The Labute approximate surface area is 168 Å². The number of nitrogens with zero attached hydrogens (tertiary/aromatic N) is 3. The van der Waals surface area contributed by atoms with Gasteiger partial charge < -0.3 is 10.6 Å². The number of hydrogen-bond acceptors (Lipinski definition) is 6. The number of benzene rings is 2. The van der Waals surface area contributed by atoms with E-state index in [-0.39, 0.29) is 17.2 Å². The lowest BCUT2D eigenvalue weighted by atomic mass is 10.1. The molecule has 1 amide bonds. The van der Waals surface area contributed by atoms with Crippen LogP contribution >= 0.6 is 0 Å². The summed E-state index contributed by atoms with van der Waals surface area (Å²) in [5, 5.41) is 5.97. The second-order valence-corrected chi connectivity index (χ2v) is 8.93. The standard InChI is InChI=1S/C20H19N5O3S/c1-25(2)29(27,28)15-9-7-14(8-10-15)22-20-21-12-13-11-18(26)23-17-6-4-3-5-16(17)19(13)24-20/h3-10,12H,11H2,1-2H3,(H,23,26)(H,21,22,24). The van der Waals surface area contributed by atoms with Crippen molar-refractivity contribution >= 4 is 33.3 Å². The van der Waals surface area contributed by atoms with Crippen LogP contribution in [0.15, 0.2) is 59.6 Å². The molecule has 8 nitrogen and oxygen atoms in total. The molecule has 0 fully saturated rings. The van der Waals surface area contributed by atoms with Crippen molar-refractivity contribution in [1.82, 2.24) is 14.3 Å². The van der Waals surface area contributed by atoms with Crippen LogP contribution in [-0.2, 0) is 21.2 Å². The lowest BCUT2D eigenvalue weighted by molar-refractivity contribution is -0.115. The average Bonchev–Trinajstić information content (AvgIpc) is 2.83. The van der Waals surface area contributed by atoms with E-state index < -0.39 is 10.0 Å². The van der Waals surface area contributed by atoms with E-state index in [1.807, 2.05) is 24.3 Å². The van der Waals surface area contributed by atoms with Gasteiger partial charge in [-0.25, -0.2) is 22.7 Å². The number of carbonyl (C=O) groups excluding carboxylic acids is 1. The lowest BCUT2D eigenvalue weighted by Crippen LogP contribution is -2.22. The molecular weight excluding hydrogens is 390 g/mol. The molecule has 1 aliphatic rings. The van der Waals surface area contributed by atoms with Gasteiger partial charge in [-0.05, 0) is 30.3 Å². The number of fused-ring (bicyclic) bond motifs is 3. The van der Waals surface area contributed by atoms with Crippen molar-refractivity contribution in [3.63, 3.8) is 0 Å². The Bertz CT molecular complexity index is 1190. The van der Waals surface area contributed by atoms with E-state index >= 15 is 0 Å². The van der Waals surface area contributed by atoms with Crippen LogP contribution in [0.3, 0.4) is 0 Å². The van der Waals surface area contributed by atoms with Gasteiger partial charge in [0.15, 0.2) is 0 Å². The molecule has 0 radical (unpaired) electrons. The molecule has 148 valence electrons. The summed E-state index contributed by atoms with van der Waals surface area (Å²) in [5.41, 5.74) is 3.61. The molecule has 0 saturated carbocycles. The molecule has 0 unspecified atom stereocenters. The minimum atomic E-state index is -3.49. The van der Waals surface area contributed by atoms with Gasteiger partial charge in [-0.15, -0.1) is 0 Å². The molecule has 0 saturated heterocycles. The van der Waals surface area contributed by atoms with E-state index in [0.717, 1.165) is 15.4 Å². The van der Waals surface area contributed by atoms with Gasteiger partial charge in [0.25, 0.3) is 0 Å². The summed E-state index contributed by atoms with van der Waals surface area (Å²) in [6, 6.07) is 13.8. The van der Waals surface area contributed by atoms with Crippen molar-refractivity contribution in [3.8, 4) is 11.3 Å². The molecule has 2 heterocycles. The highest BCUT2D eigenvalue weighted by molar-refractivity contribution is 7.89. The maximum atomic E-state index is 12.2. The number of anilines is 3. The number of carbonyl (C=O) groups is 1. The summed E-state index contributed by atoms with van der Waals surface area (Å²) in [5.74, 6) is 0.245. The largest absolute Gasteiger partial charge is 0.325 e. The molecule has 29 heavy (non-hydrogen) atoms. The predicted octanol–water partition coefficient (Wildman–Crippen LogP) is 2.63. The fraction of sp³-hybridized carbons (Fsp3) is 0.150. The highest BCUT2D eigenvalue weighted by Gasteiger charge is 2.21. The van der Waals surface area contributed by atoms with Crippen LogP contribution in [-0.4, -0.2) is 42.7 Å². The van der Waals surface area contributed by atoms with Crippen LogP contribution in [0.2, 0.25) is 0 Å². The Kier molecular flexibility index (Phi) is 4.77. The van der Waals surface area contributed by atoms with Crippen molar-refractivity contribution in [3.05, 3.63) is 60.3 Å². The minimum absolute atomic E-state index is 0.113. The molecule has 0 atom stereocenters. The Balaban J connectivity index is 1.66. The summed E-state index contributed by atoms with van der Waals surface area (Å²) in [4.78, 5) is 21.2. The smallest absolute Gasteiger partial charge is 0.242 e. The normalized spacial score (nSPS) is 13.3. The maximum absolute atomic E-state index is 12.2. The highest BCUT2D eigenvalue weighted by Crippen LogP contribution is 2.32. The van der Waals surface area contributed by atoms with Crippen LogP contribution in [0.5, 0.6) is 0 Å². The van der Waals surface area contributed by atoms with Crippen LogP contribution in [0.25, 0.3) is 11.3 Å². The molecule has 1 aromatic heterocycles. The van der Waals surface area contributed by atoms with Crippen LogP contribution in [0.1, 0.15) is 5.56 Å². The Morgan fingerprint density at radius 3 is 2.52 bits per heavy atom. The quantitative estimate of drug-likeness (QED) is 0.686. The van der Waals surface area contributed by atoms with Crippen molar-refractivity contribution in [1.29, 1.82) is 0 Å². The molecule has 2 N–H and O–H groups in total. The van der Waals surface area contributed by atoms with Crippen molar-refractivity contribution < 1.29 is 13.2 Å². The van der Waals surface area contributed by atoms with Gasteiger partial charge in [-0.1, -0.05) is 18.2 Å². The molecule has 1 aliphatic heterocycles. The molecule has 0 aliphatic carbocycles. The third-order valence-corrected chi connectivity index (χ3v) is 6.39. The Hall–Kier alpha value is -3.30. The molecule has 2 aromatic carbocycles. The van der Waals surface area contributed by atoms with Crippen LogP contribution in [0, 0.1) is 0 Å². The SMILES string of the molecule is CN(C)S(=O)(=O)c1ccc(Nc2ncc3c(n2)-c2ccccc2NC(=O)C3)cc1. The van der Waals surface area contributed by atoms with Gasteiger partial charge in [0.05, 0.1) is 22.7 Å². The first kappa shape index (κ1) is 19.0. The minimum Gasteiger partial charge on any atom is -0.325 e. The fourth-order valence-corrected chi connectivity index (χ4v) is 3.95. The zero-order chi connectivity index (χ0) is 20.6. The second-order valence-electron chi connectivity index (χ2n) is 6.77.